The van der Waals surface area contributed by atoms with Crippen molar-refractivity contribution < 1.29 is 44.8 Å². The first kappa shape index (κ1) is 49.9. The average molecular weight is 1300 g/mol. The average Bonchev–Trinajstić information content (AvgIpc) is 3.88. The summed E-state index contributed by atoms with van der Waals surface area (Å²) in [5, 5.41) is 16.2. The number of benzene rings is 10. The second kappa shape index (κ2) is 23.0. The molecule has 0 N–H and O–H groups in total. The van der Waals surface area contributed by atoms with E-state index in [2.05, 4.69) is 215 Å². The van der Waals surface area contributed by atoms with Crippen molar-refractivity contribution in [3.05, 3.63) is 267 Å². The minimum Gasteiger partial charge on any atom is -0.366 e. The second-order valence-corrected chi connectivity index (χ2v) is 21.7. The Labute approximate surface area is 444 Å². The van der Waals surface area contributed by atoms with E-state index in [1.165, 1.54) is 75.2 Å². The van der Waals surface area contributed by atoms with E-state index >= 15 is 0 Å². The van der Waals surface area contributed by atoms with Gasteiger partial charge in [0.15, 0.2) is 0 Å². The number of hydrogen-bond donors (Lipinski definition) is 0. The van der Waals surface area contributed by atoms with Crippen LogP contribution in [0.1, 0.15) is 11.1 Å². The van der Waals surface area contributed by atoms with Crippen molar-refractivity contribution in [3.63, 3.8) is 0 Å². The molecule has 70 heavy (non-hydrogen) atoms. The molecule has 10 aromatic carbocycles. The van der Waals surface area contributed by atoms with Crippen molar-refractivity contribution >= 4 is 102 Å². The van der Waals surface area contributed by atoms with E-state index in [1.54, 1.807) is 0 Å². The van der Waals surface area contributed by atoms with Crippen molar-refractivity contribution in [1.82, 2.24) is 9.13 Å². The van der Waals surface area contributed by atoms with Gasteiger partial charge in [0.05, 0.1) is 0 Å². The van der Waals surface area contributed by atoms with Crippen LogP contribution in [0.4, 0.5) is 0 Å². The molecule has 6 heteroatoms. The normalized spacial score (nSPS) is 10.7. The third kappa shape index (κ3) is 9.95. The van der Waals surface area contributed by atoms with Crippen LogP contribution in [0.5, 0.6) is 0 Å². The summed E-state index contributed by atoms with van der Waals surface area (Å²) in [6.45, 7) is 0. The molecule has 0 atom stereocenters. The number of hydrogen-bond acceptors (Lipinski definition) is 0. The number of nitrogens with zero attached hydrogens (tertiary/aromatic N) is 2. The first-order valence-corrected chi connectivity index (χ1v) is 25.8. The summed E-state index contributed by atoms with van der Waals surface area (Å²) in [5.74, 6) is 5.00. The number of aromatic nitrogens is 2. The van der Waals surface area contributed by atoms with Crippen LogP contribution in [-0.4, -0.2) is 9.13 Å². The van der Waals surface area contributed by atoms with Gasteiger partial charge in [0, 0.05) is 35.9 Å². The molecule has 0 aliphatic carbocycles. The summed E-state index contributed by atoms with van der Waals surface area (Å²) >= 11 is 0. The van der Waals surface area contributed by atoms with Gasteiger partial charge in [-0.3, -0.25) is 11.8 Å². The van der Waals surface area contributed by atoms with E-state index < -0.39 is 15.8 Å². The molecule has 0 spiro atoms. The van der Waals surface area contributed by atoms with Crippen molar-refractivity contribution in [2.75, 3.05) is 0 Å². The largest absolute Gasteiger partial charge is 1.00 e. The van der Waals surface area contributed by atoms with Crippen molar-refractivity contribution in [2.24, 2.45) is 14.1 Å². The maximum atomic E-state index is 7.33. The maximum absolute atomic E-state index is 7.33. The minimum absolute atomic E-state index is 0. The quantitative estimate of drug-likeness (QED) is 0.0680. The summed E-state index contributed by atoms with van der Waals surface area (Å²) < 4.78 is 4.25. The molecule has 2 nitrogen and oxygen atoms in total. The van der Waals surface area contributed by atoms with Gasteiger partial charge in [0.25, 0.3) is 0 Å². The molecule has 2 heterocycles. The molecule has 0 aliphatic heterocycles. The molecule has 0 amide bonds. The molecule has 0 unspecified atom stereocenters. The summed E-state index contributed by atoms with van der Waals surface area (Å²) in [6, 6.07) is 86.9. The fourth-order valence-electron chi connectivity index (χ4n) is 9.70. The Hall–Kier alpha value is -6.48. The molecule has 344 valence electrons. The summed E-state index contributed by atoms with van der Waals surface area (Å²) in [5.41, 5.74) is 6.24. The molecular weight excluding hydrogens is 1250 g/mol. The third-order valence-electron chi connectivity index (χ3n) is 12.8. The monoisotopic (exact) mass is 1300 g/mol. The zero-order valence-corrected chi connectivity index (χ0v) is 44.9. The van der Waals surface area contributed by atoms with Gasteiger partial charge in [-0.1, -0.05) is 158 Å². The molecule has 0 aliphatic rings. The van der Waals surface area contributed by atoms with Gasteiger partial charge in [-0.05, 0) is 105 Å². The number of para-hydroxylation sites is 4. The third-order valence-corrected chi connectivity index (χ3v) is 18.6. The Morgan fingerprint density at radius 2 is 0.614 bits per heavy atom. The van der Waals surface area contributed by atoms with E-state index in [0.29, 0.717) is 0 Å². The summed E-state index contributed by atoms with van der Waals surface area (Å²) in [7, 11) is 1.61. The zero-order valence-electron chi connectivity index (χ0n) is 38.6. The number of rotatable bonds is 6. The Bertz CT molecular complexity index is 3470. The van der Waals surface area contributed by atoms with Crippen molar-refractivity contribution in [2.45, 2.75) is 0 Å². The van der Waals surface area contributed by atoms with E-state index in [9.17, 15) is 0 Å². The van der Waals surface area contributed by atoms with E-state index in [-0.39, 0.29) is 44.8 Å². The number of aryl methyl sites for hydroxylation is 2. The number of fused-ring (bicyclic) bond motifs is 7. The van der Waals surface area contributed by atoms with Crippen LogP contribution >= 0.6 is 15.8 Å². The van der Waals surface area contributed by atoms with Crippen LogP contribution in [0.2, 0.25) is 0 Å². The van der Waals surface area contributed by atoms with Gasteiger partial charge in [0.1, 0.15) is 47.7 Å². The fourth-order valence-corrected chi connectivity index (χ4v) is 15.7. The summed E-state index contributed by atoms with van der Waals surface area (Å²) in [4.78, 5) is 0. The molecule has 0 fully saturated rings. The topological polar surface area (TPSA) is 9.86 Å². The zero-order chi connectivity index (χ0) is 46.4. The summed E-state index contributed by atoms with van der Waals surface area (Å²) in [6.07, 6.45) is 14.7. The van der Waals surface area contributed by atoms with E-state index in [1.807, 2.05) is 62.6 Å². The van der Waals surface area contributed by atoms with Gasteiger partial charge in [-0.25, -0.2) is 0 Å². The van der Waals surface area contributed by atoms with Crippen LogP contribution in [-0.2, 0) is 58.9 Å². The standard InChI is InChI=1S/C34H26P2.2C15H10N.2Au/c1-5-17-29(18-6-1)35(30-19-7-2-8-20-30)33-25-27-15-13-14-16-28(27)26-34(33)36(31-21-9-3-10-22-31)32-23-11-4-12-24-32;2*1-3-11-7-6-9-13-12-8-4-5-10-14(12)16(2)15(11)13;;/h1-26H;2*4-10H,2H3;;/q;2*-1;2*+1/p+2. The molecule has 12 aromatic rings. The molecule has 0 saturated carbocycles. The Kier molecular flexibility index (Phi) is 16.4. The van der Waals surface area contributed by atoms with Crippen LogP contribution in [0.3, 0.4) is 0 Å². The molecule has 0 saturated heterocycles. The van der Waals surface area contributed by atoms with Crippen LogP contribution < -0.4 is 31.8 Å². The Balaban J connectivity index is 0.000000160. The van der Waals surface area contributed by atoms with Gasteiger partial charge in [-0.2, -0.15) is 0 Å². The van der Waals surface area contributed by atoms with Gasteiger partial charge in [-0.15, -0.1) is 23.3 Å². The molecule has 0 radical (unpaired) electrons. The maximum Gasteiger partial charge on any atom is 1.00 e. The molecule has 0 bridgehead atoms. The Morgan fingerprint density at radius 1 is 0.329 bits per heavy atom. The molecular formula is C64H48Au2N2P2+2. The first-order valence-electron chi connectivity index (χ1n) is 22.8. The minimum atomic E-state index is -1.23. The Morgan fingerprint density at radius 3 is 0.943 bits per heavy atom. The van der Waals surface area contributed by atoms with Crippen LogP contribution in [0, 0.1) is 24.7 Å². The first-order chi connectivity index (χ1) is 33.5. The molecule has 12 rings (SSSR count). The van der Waals surface area contributed by atoms with E-state index in [4.69, 9.17) is 12.8 Å². The van der Waals surface area contributed by atoms with Crippen molar-refractivity contribution in [1.29, 1.82) is 0 Å². The van der Waals surface area contributed by atoms with E-state index in [0.717, 1.165) is 22.2 Å². The van der Waals surface area contributed by atoms with Crippen molar-refractivity contribution in [3.8, 4) is 11.8 Å². The smallest absolute Gasteiger partial charge is 0.366 e. The van der Waals surface area contributed by atoms with Crippen LogP contribution in [0.15, 0.2) is 243 Å². The predicted octanol–water partition coefficient (Wildman–Crippen LogP) is 12.4. The SMILES string of the molecule is [Au+].[Au+].[C-]#Cc1cccc2c3ccccc3n(C)c12.[C-]#Cc1cccc2c3ccccc3n(C)c12.c1ccc([PH+](c2ccccc2)c2cc3ccccc3cc2[PH+](c2ccccc2)c2ccccc2)cc1. The fraction of sp³-hybridized carbons (Fsp3) is 0.0312. The van der Waals surface area contributed by atoms with Gasteiger partial charge in [0.2, 0.25) is 0 Å². The van der Waals surface area contributed by atoms with Gasteiger partial charge >= 0.3 is 44.8 Å². The predicted molar refractivity (Wildman–Crippen MR) is 297 cm³/mol. The molecule has 2 aromatic heterocycles. The second-order valence-electron chi connectivity index (χ2n) is 16.8. The van der Waals surface area contributed by atoms with Crippen LogP contribution in [0.25, 0.3) is 54.4 Å². The van der Waals surface area contributed by atoms with Gasteiger partial charge < -0.3 is 22.0 Å².